The SMILES string of the molecule is NNC(CCC1CCCCO1)C1CCOC1. The molecule has 0 radical (unpaired) electrons. The summed E-state index contributed by atoms with van der Waals surface area (Å²) in [6, 6.07) is 0.396. The first kappa shape index (κ1) is 12.3. The molecule has 4 heteroatoms. The molecule has 0 aromatic carbocycles. The van der Waals surface area contributed by atoms with Crippen LogP contribution in [-0.2, 0) is 9.47 Å². The van der Waals surface area contributed by atoms with Gasteiger partial charge in [-0.25, -0.2) is 0 Å². The molecule has 0 aromatic heterocycles. The van der Waals surface area contributed by atoms with E-state index >= 15 is 0 Å². The van der Waals surface area contributed by atoms with E-state index in [1.807, 2.05) is 0 Å². The van der Waals surface area contributed by atoms with Gasteiger partial charge in [-0.1, -0.05) is 0 Å². The average molecular weight is 228 g/mol. The Bertz CT molecular complexity index is 189. The highest BCUT2D eigenvalue weighted by molar-refractivity contribution is 4.79. The van der Waals surface area contributed by atoms with Crippen LogP contribution in [0.15, 0.2) is 0 Å². The zero-order valence-corrected chi connectivity index (χ0v) is 9.99. The molecule has 4 nitrogen and oxygen atoms in total. The topological polar surface area (TPSA) is 56.5 Å². The third kappa shape index (κ3) is 3.42. The van der Waals surface area contributed by atoms with E-state index in [0.717, 1.165) is 39.1 Å². The summed E-state index contributed by atoms with van der Waals surface area (Å²) in [6.07, 6.45) is 7.61. The van der Waals surface area contributed by atoms with Crippen molar-refractivity contribution < 1.29 is 9.47 Å². The van der Waals surface area contributed by atoms with Crippen LogP contribution in [0, 0.1) is 5.92 Å². The molecule has 2 aliphatic rings. The first-order chi connectivity index (χ1) is 7.90. The van der Waals surface area contributed by atoms with E-state index in [1.54, 1.807) is 0 Å². The maximum absolute atomic E-state index is 5.74. The molecule has 0 bridgehead atoms. The van der Waals surface area contributed by atoms with Gasteiger partial charge in [0.1, 0.15) is 0 Å². The van der Waals surface area contributed by atoms with Crippen molar-refractivity contribution in [2.75, 3.05) is 19.8 Å². The Kier molecular flexibility index (Phi) is 5.03. The van der Waals surface area contributed by atoms with Crippen molar-refractivity contribution in [3.8, 4) is 0 Å². The number of hydrazine groups is 1. The number of ether oxygens (including phenoxy) is 2. The Morgan fingerprint density at radius 2 is 2.19 bits per heavy atom. The maximum atomic E-state index is 5.74. The van der Waals surface area contributed by atoms with Gasteiger partial charge in [0.25, 0.3) is 0 Å². The molecule has 16 heavy (non-hydrogen) atoms. The monoisotopic (exact) mass is 228 g/mol. The highest BCUT2D eigenvalue weighted by Gasteiger charge is 2.26. The smallest absolute Gasteiger partial charge is 0.0575 e. The highest BCUT2D eigenvalue weighted by atomic mass is 16.5. The summed E-state index contributed by atoms with van der Waals surface area (Å²) >= 11 is 0. The van der Waals surface area contributed by atoms with Crippen molar-refractivity contribution in [3.63, 3.8) is 0 Å². The van der Waals surface area contributed by atoms with Crippen molar-refractivity contribution >= 4 is 0 Å². The number of nitrogens with one attached hydrogen (secondary N) is 1. The Morgan fingerprint density at radius 1 is 1.25 bits per heavy atom. The first-order valence-electron chi connectivity index (χ1n) is 6.55. The summed E-state index contributed by atoms with van der Waals surface area (Å²) in [6.45, 7) is 2.70. The van der Waals surface area contributed by atoms with Gasteiger partial charge in [-0.2, -0.15) is 0 Å². The Hall–Kier alpha value is -0.160. The normalized spacial score (nSPS) is 32.8. The minimum Gasteiger partial charge on any atom is -0.381 e. The third-order valence-electron chi connectivity index (χ3n) is 3.82. The van der Waals surface area contributed by atoms with Crippen LogP contribution in [0.4, 0.5) is 0 Å². The fourth-order valence-corrected chi connectivity index (χ4v) is 2.73. The molecule has 0 amide bonds. The van der Waals surface area contributed by atoms with Crippen LogP contribution in [0.2, 0.25) is 0 Å². The van der Waals surface area contributed by atoms with Gasteiger partial charge >= 0.3 is 0 Å². The summed E-state index contributed by atoms with van der Waals surface area (Å²) in [4.78, 5) is 0. The molecule has 2 rings (SSSR count). The summed E-state index contributed by atoms with van der Waals surface area (Å²) < 4.78 is 11.1. The van der Waals surface area contributed by atoms with Gasteiger partial charge in [-0.05, 0) is 38.5 Å². The number of nitrogens with two attached hydrogens (primary N) is 1. The van der Waals surface area contributed by atoms with Crippen molar-refractivity contribution in [2.24, 2.45) is 11.8 Å². The summed E-state index contributed by atoms with van der Waals surface area (Å²) in [7, 11) is 0. The van der Waals surface area contributed by atoms with Crippen LogP contribution in [0.5, 0.6) is 0 Å². The van der Waals surface area contributed by atoms with Gasteiger partial charge in [0.2, 0.25) is 0 Å². The van der Waals surface area contributed by atoms with E-state index in [2.05, 4.69) is 5.43 Å². The molecule has 3 N–H and O–H groups in total. The fraction of sp³-hybridized carbons (Fsp3) is 1.00. The van der Waals surface area contributed by atoms with Crippen molar-refractivity contribution in [3.05, 3.63) is 0 Å². The second-order valence-electron chi connectivity index (χ2n) is 4.96. The molecule has 94 valence electrons. The molecular formula is C12H24N2O2. The van der Waals surface area contributed by atoms with Crippen molar-refractivity contribution in [1.29, 1.82) is 0 Å². The third-order valence-corrected chi connectivity index (χ3v) is 3.82. The minimum absolute atomic E-state index is 0.396. The zero-order valence-electron chi connectivity index (χ0n) is 9.99. The van der Waals surface area contributed by atoms with Crippen LogP contribution >= 0.6 is 0 Å². The van der Waals surface area contributed by atoms with Gasteiger partial charge in [0.05, 0.1) is 12.7 Å². The molecule has 0 aliphatic carbocycles. The zero-order chi connectivity index (χ0) is 11.2. The predicted octanol–water partition coefficient (Wildman–Crippen LogP) is 1.20. The van der Waals surface area contributed by atoms with E-state index in [0.29, 0.717) is 18.1 Å². The van der Waals surface area contributed by atoms with Crippen LogP contribution in [0.3, 0.4) is 0 Å². The number of hydrogen-bond donors (Lipinski definition) is 2. The molecular weight excluding hydrogens is 204 g/mol. The van der Waals surface area contributed by atoms with Gasteiger partial charge in [0, 0.05) is 25.2 Å². The van der Waals surface area contributed by atoms with Crippen LogP contribution < -0.4 is 11.3 Å². The first-order valence-corrected chi connectivity index (χ1v) is 6.55. The quantitative estimate of drug-likeness (QED) is 0.548. The Labute approximate surface area is 97.8 Å². The second kappa shape index (κ2) is 6.55. The van der Waals surface area contributed by atoms with Gasteiger partial charge < -0.3 is 9.47 Å². The Balaban J connectivity index is 1.69. The minimum atomic E-state index is 0.396. The fourth-order valence-electron chi connectivity index (χ4n) is 2.73. The lowest BCUT2D eigenvalue weighted by atomic mass is 9.93. The molecule has 3 unspecified atom stereocenters. The van der Waals surface area contributed by atoms with E-state index in [4.69, 9.17) is 15.3 Å². The summed E-state index contributed by atoms with van der Waals surface area (Å²) in [5.41, 5.74) is 2.95. The van der Waals surface area contributed by atoms with E-state index in [-0.39, 0.29) is 0 Å². The van der Waals surface area contributed by atoms with Crippen LogP contribution in [0.1, 0.15) is 38.5 Å². The highest BCUT2D eigenvalue weighted by Crippen LogP contribution is 2.23. The number of rotatable bonds is 5. The van der Waals surface area contributed by atoms with Gasteiger partial charge in [-0.3, -0.25) is 11.3 Å². The van der Waals surface area contributed by atoms with Crippen LogP contribution in [0.25, 0.3) is 0 Å². The largest absolute Gasteiger partial charge is 0.381 e. The second-order valence-corrected chi connectivity index (χ2v) is 4.96. The number of hydrogen-bond acceptors (Lipinski definition) is 4. The van der Waals surface area contributed by atoms with Gasteiger partial charge in [0.15, 0.2) is 0 Å². The average Bonchev–Trinajstić information content (AvgIpc) is 2.85. The molecule has 2 saturated heterocycles. The molecule has 2 fully saturated rings. The van der Waals surface area contributed by atoms with Crippen molar-refractivity contribution in [1.82, 2.24) is 5.43 Å². The standard InChI is InChI=1S/C12H24N2O2/c13-14-12(10-6-8-15-9-10)5-4-11-3-1-2-7-16-11/h10-12,14H,1-9,13H2. The van der Waals surface area contributed by atoms with E-state index in [9.17, 15) is 0 Å². The lowest BCUT2D eigenvalue weighted by molar-refractivity contribution is 0.00733. The predicted molar refractivity (Wildman–Crippen MR) is 62.9 cm³/mol. The molecule has 0 aromatic rings. The van der Waals surface area contributed by atoms with E-state index in [1.165, 1.54) is 19.3 Å². The molecule has 0 spiro atoms. The molecule has 2 aliphatic heterocycles. The Morgan fingerprint density at radius 3 is 2.81 bits per heavy atom. The van der Waals surface area contributed by atoms with Crippen LogP contribution in [-0.4, -0.2) is 32.0 Å². The molecule has 0 saturated carbocycles. The van der Waals surface area contributed by atoms with Gasteiger partial charge in [-0.15, -0.1) is 0 Å². The summed E-state index contributed by atoms with van der Waals surface area (Å²) in [5.74, 6) is 6.21. The lowest BCUT2D eigenvalue weighted by Crippen LogP contribution is -2.42. The molecule has 3 atom stereocenters. The van der Waals surface area contributed by atoms with E-state index < -0.39 is 0 Å². The van der Waals surface area contributed by atoms with Crippen molar-refractivity contribution in [2.45, 2.75) is 50.7 Å². The molecule has 2 heterocycles. The lowest BCUT2D eigenvalue weighted by Gasteiger charge is -2.26. The maximum Gasteiger partial charge on any atom is 0.0575 e. The summed E-state index contributed by atoms with van der Waals surface area (Å²) in [5, 5.41) is 0.